The van der Waals surface area contributed by atoms with Crippen LogP contribution in [-0.2, 0) is 4.79 Å². The summed E-state index contributed by atoms with van der Waals surface area (Å²) in [6.45, 7) is 3.61. The van der Waals surface area contributed by atoms with E-state index in [-0.39, 0.29) is 0 Å². The molecule has 1 aromatic heterocycles. The highest BCUT2D eigenvalue weighted by Crippen LogP contribution is 2.13. The monoisotopic (exact) mass is 184 g/mol. The fourth-order valence-corrected chi connectivity index (χ4v) is 1.15. The van der Waals surface area contributed by atoms with Crippen molar-refractivity contribution >= 4 is 5.97 Å². The van der Waals surface area contributed by atoms with Crippen molar-refractivity contribution < 1.29 is 9.90 Å². The molecule has 0 saturated heterocycles. The zero-order valence-electron chi connectivity index (χ0n) is 7.64. The largest absolute Gasteiger partial charge is 0.480 e. The number of aryl methyl sites for hydroxylation is 1. The Balaban J connectivity index is 2.88. The van der Waals surface area contributed by atoms with Crippen molar-refractivity contribution in [3.05, 3.63) is 5.82 Å². The first-order chi connectivity index (χ1) is 6.16. The third-order valence-electron chi connectivity index (χ3n) is 1.80. The highest BCUT2D eigenvalue weighted by atomic mass is 16.4. The van der Waals surface area contributed by atoms with E-state index in [1.807, 2.05) is 6.92 Å². The molecular formula is C7H12N4O2. The van der Waals surface area contributed by atoms with E-state index < -0.39 is 12.0 Å². The van der Waals surface area contributed by atoms with Crippen LogP contribution in [0.1, 0.15) is 31.6 Å². The summed E-state index contributed by atoms with van der Waals surface area (Å²) in [5.41, 5.74) is 0. The predicted octanol–water partition coefficient (Wildman–Crippen LogP) is 0.407. The lowest BCUT2D eigenvalue weighted by atomic mass is 10.2. The molecule has 0 aromatic carbocycles. The molecule has 0 aliphatic heterocycles. The molecule has 0 aliphatic rings. The van der Waals surface area contributed by atoms with Crippen LogP contribution in [0.15, 0.2) is 0 Å². The third kappa shape index (κ3) is 2.01. The fraction of sp³-hybridized carbons (Fsp3) is 0.714. The lowest BCUT2D eigenvalue weighted by Crippen LogP contribution is -2.21. The molecule has 0 bridgehead atoms. The molecule has 13 heavy (non-hydrogen) atoms. The molecule has 1 heterocycles. The summed E-state index contributed by atoms with van der Waals surface area (Å²) >= 11 is 0. The smallest absolute Gasteiger partial charge is 0.328 e. The number of aliphatic carboxylic acids is 1. The van der Waals surface area contributed by atoms with E-state index in [2.05, 4.69) is 15.5 Å². The Morgan fingerprint density at radius 3 is 2.77 bits per heavy atom. The maximum atomic E-state index is 10.8. The average molecular weight is 184 g/mol. The van der Waals surface area contributed by atoms with Crippen LogP contribution in [-0.4, -0.2) is 31.3 Å². The van der Waals surface area contributed by atoms with Crippen LogP contribution >= 0.6 is 0 Å². The summed E-state index contributed by atoms with van der Waals surface area (Å²) in [6.07, 6.45) is 1.33. The van der Waals surface area contributed by atoms with Gasteiger partial charge in [0.2, 0.25) is 0 Å². The number of carboxylic acid groups (broad SMARTS) is 1. The van der Waals surface area contributed by atoms with Crippen molar-refractivity contribution in [3.63, 3.8) is 0 Å². The Morgan fingerprint density at radius 1 is 1.69 bits per heavy atom. The zero-order valence-corrected chi connectivity index (χ0v) is 7.64. The molecule has 0 fully saturated rings. The molecule has 1 atom stereocenters. The van der Waals surface area contributed by atoms with E-state index in [4.69, 9.17) is 5.11 Å². The second kappa shape index (κ2) is 3.97. The lowest BCUT2D eigenvalue weighted by Gasteiger charge is -2.10. The minimum Gasteiger partial charge on any atom is -0.480 e. The highest BCUT2D eigenvalue weighted by molar-refractivity contribution is 5.71. The molecule has 6 nitrogen and oxygen atoms in total. The van der Waals surface area contributed by atoms with Crippen molar-refractivity contribution in [2.75, 3.05) is 0 Å². The van der Waals surface area contributed by atoms with E-state index in [0.29, 0.717) is 12.2 Å². The maximum absolute atomic E-state index is 10.8. The van der Waals surface area contributed by atoms with Gasteiger partial charge in [-0.1, -0.05) is 13.3 Å². The minimum atomic E-state index is -0.891. The van der Waals surface area contributed by atoms with Gasteiger partial charge in [-0.05, 0) is 23.8 Å². The SMILES string of the molecule is CCCC(C(=O)O)n1nnnc1C. The molecule has 0 radical (unpaired) electrons. The first kappa shape index (κ1) is 9.63. The van der Waals surface area contributed by atoms with Crippen LogP contribution < -0.4 is 0 Å². The van der Waals surface area contributed by atoms with Crippen LogP contribution in [0.5, 0.6) is 0 Å². The Hall–Kier alpha value is -1.46. The molecule has 1 aromatic rings. The van der Waals surface area contributed by atoms with Crippen molar-refractivity contribution in [2.24, 2.45) is 0 Å². The number of aromatic nitrogens is 4. The van der Waals surface area contributed by atoms with Crippen LogP contribution in [0.4, 0.5) is 0 Å². The second-order valence-corrected chi connectivity index (χ2v) is 2.81. The van der Waals surface area contributed by atoms with Gasteiger partial charge in [0, 0.05) is 0 Å². The molecule has 72 valence electrons. The number of rotatable bonds is 4. The number of hydrogen-bond acceptors (Lipinski definition) is 4. The van der Waals surface area contributed by atoms with Gasteiger partial charge in [0.05, 0.1) is 0 Å². The van der Waals surface area contributed by atoms with E-state index in [1.54, 1.807) is 6.92 Å². The molecule has 0 spiro atoms. The average Bonchev–Trinajstić information content (AvgIpc) is 2.47. The minimum absolute atomic E-state index is 0.529. The van der Waals surface area contributed by atoms with E-state index >= 15 is 0 Å². The summed E-state index contributed by atoms with van der Waals surface area (Å²) in [7, 11) is 0. The van der Waals surface area contributed by atoms with E-state index in [0.717, 1.165) is 6.42 Å². The Morgan fingerprint density at radius 2 is 2.38 bits per heavy atom. The van der Waals surface area contributed by atoms with Crippen molar-refractivity contribution in [3.8, 4) is 0 Å². The van der Waals surface area contributed by atoms with Crippen LogP contribution in [0, 0.1) is 6.92 Å². The van der Waals surface area contributed by atoms with Crippen LogP contribution in [0.3, 0.4) is 0 Å². The highest BCUT2D eigenvalue weighted by Gasteiger charge is 2.21. The van der Waals surface area contributed by atoms with Gasteiger partial charge in [0.15, 0.2) is 6.04 Å². The second-order valence-electron chi connectivity index (χ2n) is 2.81. The number of carbonyl (C=O) groups is 1. The van der Waals surface area contributed by atoms with Crippen molar-refractivity contribution in [1.82, 2.24) is 20.2 Å². The summed E-state index contributed by atoms with van der Waals surface area (Å²) < 4.78 is 1.34. The predicted molar refractivity (Wildman–Crippen MR) is 44.1 cm³/mol. The molecule has 1 unspecified atom stereocenters. The first-order valence-electron chi connectivity index (χ1n) is 4.14. The van der Waals surface area contributed by atoms with E-state index in [1.165, 1.54) is 4.68 Å². The summed E-state index contributed by atoms with van der Waals surface area (Å²) in [4.78, 5) is 10.8. The van der Waals surface area contributed by atoms with Gasteiger partial charge in [-0.15, -0.1) is 5.10 Å². The summed E-state index contributed by atoms with van der Waals surface area (Å²) in [5.74, 6) is -0.363. The van der Waals surface area contributed by atoms with Gasteiger partial charge in [-0.3, -0.25) is 0 Å². The molecular weight excluding hydrogens is 172 g/mol. The third-order valence-corrected chi connectivity index (χ3v) is 1.80. The van der Waals surface area contributed by atoms with Gasteiger partial charge in [-0.25, -0.2) is 9.48 Å². The Kier molecular flexibility index (Phi) is 2.94. The first-order valence-corrected chi connectivity index (χ1v) is 4.14. The molecule has 0 aliphatic carbocycles. The van der Waals surface area contributed by atoms with Crippen LogP contribution in [0.25, 0.3) is 0 Å². The molecule has 0 saturated carbocycles. The van der Waals surface area contributed by atoms with Gasteiger partial charge in [0.25, 0.3) is 0 Å². The molecule has 6 heteroatoms. The number of hydrogen-bond donors (Lipinski definition) is 1. The number of carboxylic acids is 1. The number of tetrazole rings is 1. The Labute approximate surface area is 75.6 Å². The van der Waals surface area contributed by atoms with Gasteiger partial charge >= 0.3 is 5.97 Å². The van der Waals surface area contributed by atoms with Gasteiger partial charge < -0.3 is 5.11 Å². The van der Waals surface area contributed by atoms with Crippen molar-refractivity contribution in [1.29, 1.82) is 0 Å². The molecule has 1 rings (SSSR count). The topological polar surface area (TPSA) is 80.9 Å². The van der Waals surface area contributed by atoms with Crippen molar-refractivity contribution in [2.45, 2.75) is 32.7 Å². The fourth-order valence-electron chi connectivity index (χ4n) is 1.15. The standard InChI is InChI=1S/C7H12N4O2/c1-3-4-6(7(12)13)11-5(2)8-9-10-11/h6H,3-4H2,1-2H3,(H,12,13). The lowest BCUT2D eigenvalue weighted by molar-refractivity contribution is -0.141. The quantitative estimate of drug-likeness (QED) is 0.732. The summed E-state index contributed by atoms with van der Waals surface area (Å²) in [6, 6.07) is -0.639. The summed E-state index contributed by atoms with van der Waals surface area (Å²) in [5, 5.41) is 19.6. The molecule has 0 amide bonds. The van der Waals surface area contributed by atoms with Gasteiger partial charge in [-0.2, -0.15) is 0 Å². The number of nitrogens with zero attached hydrogens (tertiary/aromatic N) is 4. The van der Waals surface area contributed by atoms with Gasteiger partial charge in [0.1, 0.15) is 5.82 Å². The zero-order chi connectivity index (χ0) is 9.84. The molecule has 1 N–H and O–H groups in total. The Bertz CT molecular complexity index is 296. The van der Waals surface area contributed by atoms with Crippen LogP contribution in [0.2, 0.25) is 0 Å². The maximum Gasteiger partial charge on any atom is 0.328 e. The normalized spacial score (nSPS) is 12.8. The van der Waals surface area contributed by atoms with E-state index in [9.17, 15) is 4.79 Å².